The molecule has 0 spiro atoms. The number of sulfone groups is 1. The molecule has 4 nitrogen and oxygen atoms in total. The third kappa shape index (κ3) is 8.12. The summed E-state index contributed by atoms with van der Waals surface area (Å²) in [5.41, 5.74) is 3.97. The zero-order chi connectivity index (χ0) is 26.0. The van der Waals surface area contributed by atoms with Gasteiger partial charge in [-0.2, -0.15) is 0 Å². The molecule has 0 fully saturated rings. The molecule has 194 valence electrons. The third-order valence-electron chi connectivity index (χ3n) is 6.67. The molecule has 3 aromatic carbocycles. The number of anilines is 2. The van der Waals surface area contributed by atoms with Gasteiger partial charge in [0.05, 0.1) is 10.6 Å². The summed E-state index contributed by atoms with van der Waals surface area (Å²) < 4.78 is 32.1. The summed E-state index contributed by atoms with van der Waals surface area (Å²) in [6.45, 7) is 9.18. The molecule has 0 aliphatic heterocycles. The molecule has 0 aromatic heterocycles. The first-order valence-corrected chi connectivity index (χ1v) is 14.9. The van der Waals surface area contributed by atoms with Crippen molar-refractivity contribution in [2.45, 2.75) is 77.2 Å². The highest BCUT2D eigenvalue weighted by molar-refractivity contribution is 7.91. The van der Waals surface area contributed by atoms with Gasteiger partial charge in [-0.3, -0.25) is 0 Å². The summed E-state index contributed by atoms with van der Waals surface area (Å²) in [7, 11) is -3.32. The van der Waals surface area contributed by atoms with Crippen molar-refractivity contribution in [3.05, 3.63) is 83.9 Å². The van der Waals surface area contributed by atoms with E-state index in [0.29, 0.717) is 23.8 Å². The summed E-state index contributed by atoms with van der Waals surface area (Å²) in [5.74, 6) is 1.90. The van der Waals surface area contributed by atoms with E-state index in [1.165, 1.54) is 6.42 Å². The molecule has 0 aliphatic carbocycles. The average Bonchev–Trinajstić information content (AvgIpc) is 2.88. The lowest BCUT2D eigenvalue weighted by atomic mass is 9.96. The Balaban J connectivity index is 1.70. The van der Waals surface area contributed by atoms with Crippen molar-refractivity contribution in [2.24, 2.45) is 5.92 Å². The van der Waals surface area contributed by atoms with Crippen molar-refractivity contribution in [1.82, 2.24) is 0 Å². The monoisotopic (exact) mass is 507 g/mol. The van der Waals surface area contributed by atoms with Crippen molar-refractivity contribution >= 4 is 21.2 Å². The second-order valence-electron chi connectivity index (χ2n) is 9.85. The van der Waals surface area contributed by atoms with Crippen molar-refractivity contribution in [2.75, 3.05) is 11.1 Å². The van der Waals surface area contributed by atoms with Crippen LogP contribution in [-0.2, 0) is 16.4 Å². The largest absolute Gasteiger partial charge is 0.489 e. The van der Waals surface area contributed by atoms with Crippen molar-refractivity contribution in [3.63, 3.8) is 0 Å². The number of rotatable bonds is 14. The maximum absolute atomic E-state index is 13.0. The Morgan fingerprint density at radius 2 is 1.67 bits per heavy atom. The molecule has 0 heterocycles. The molecule has 0 saturated carbocycles. The minimum absolute atomic E-state index is 0.196. The van der Waals surface area contributed by atoms with Crippen LogP contribution in [-0.4, -0.2) is 14.2 Å². The minimum Gasteiger partial charge on any atom is -0.489 e. The van der Waals surface area contributed by atoms with Gasteiger partial charge in [-0.1, -0.05) is 83.4 Å². The molecular formula is C31H41NO3S. The SMILES string of the molecule is CCCC(CC)CCCS(=O)(=O)c1cccc(Nc2ccc(OCc3ccccc3)cc2C(C)C)c1. The number of ether oxygens (including phenoxy) is 1. The van der Waals surface area contributed by atoms with Gasteiger partial charge in [0, 0.05) is 11.4 Å². The van der Waals surface area contributed by atoms with E-state index in [-0.39, 0.29) is 11.7 Å². The fourth-order valence-electron chi connectivity index (χ4n) is 4.53. The van der Waals surface area contributed by atoms with Gasteiger partial charge in [-0.15, -0.1) is 0 Å². The zero-order valence-corrected chi connectivity index (χ0v) is 23.0. The lowest BCUT2D eigenvalue weighted by Gasteiger charge is -2.17. The smallest absolute Gasteiger partial charge is 0.178 e. The van der Waals surface area contributed by atoms with Crippen molar-refractivity contribution in [3.8, 4) is 5.75 Å². The first-order chi connectivity index (χ1) is 17.3. The van der Waals surface area contributed by atoms with Gasteiger partial charge in [-0.25, -0.2) is 8.42 Å². The van der Waals surface area contributed by atoms with Gasteiger partial charge in [0.2, 0.25) is 0 Å². The summed E-state index contributed by atoms with van der Waals surface area (Å²) in [4.78, 5) is 0.380. The van der Waals surface area contributed by atoms with Crippen LogP contribution in [0.25, 0.3) is 0 Å². The van der Waals surface area contributed by atoms with Crippen molar-refractivity contribution in [1.29, 1.82) is 0 Å². The van der Waals surface area contributed by atoms with E-state index in [9.17, 15) is 8.42 Å². The molecular weight excluding hydrogens is 466 g/mol. The molecule has 0 amide bonds. The highest BCUT2D eigenvalue weighted by Gasteiger charge is 2.17. The topological polar surface area (TPSA) is 55.4 Å². The predicted molar refractivity (Wildman–Crippen MR) is 151 cm³/mol. The van der Waals surface area contributed by atoms with E-state index in [2.05, 4.69) is 39.1 Å². The standard InChI is InChI=1S/C31H41NO3S/c1-5-12-25(6-2)15-11-20-36(33,34)29-17-10-16-27(21-29)32-31-19-18-28(22-30(31)24(3)4)35-23-26-13-8-7-9-14-26/h7-10,13-14,16-19,21-22,24-25,32H,5-6,11-12,15,20,23H2,1-4H3. The molecule has 5 heteroatoms. The summed E-state index contributed by atoms with van der Waals surface area (Å²) in [5, 5.41) is 3.45. The Morgan fingerprint density at radius 1 is 0.889 bits per heavy atom. The molecule has 0 aliphatic rings. The molecule has 3 rings (SSSR count). The van der Waals surface area contributed by atoms with Gasteiger partial charge in [0.15, 0.2) is 9.84 Å². The maximum Gasteiger partial charge on any atom is 0.178 e. The van der Waals surface area contributed by atoms with Crippen LogP contribution in [0.15, 0.2) is 77.7 Å². The summed E-state index contributed by atoms with van der Waals surface area (Å²) in [6, 6.07) is 23.3. The van der Waals surface area contributed by atoms with Gasteiger partial charge in [0.1, 0.15) is 12.4 Å². The Kier molecular flexibility index (Phi) is 10.4. The van der Waals surface area contributed by atoms with E-state index >= 15 is 0 Å². The van der Waals surface area contributed by atoms with E-state index in [1.54, 1.807) is 12.1 Å². The van der Waals surface area contributed by atoms with Gasteiger partial charge >= 0.3 is 0 Å². The quantitative estimate of drug-likeness (QED) is 0.238. The minimum atomic E-state index is -3.32. The first-order valence-electron chi connectivity index (χ1n) is 13.2. The van der Waals surface area contributed by atoms with Crippen molar-refractivity contribution < 1.29 is 13.2 Å². The highest BCUT2D eigenvalue weighted by Crippen LogP contribution is 2.32. The lowest BCUT2D eigenvalue weighted by molar-refractivity contribution is 0.306. The summed E-state index contributed by atoms with van der Waals surface area (Å²) in [6.07, 6.45) is 5.11. The van der Waals surface area contributed by atoms with Gasteiger partial charge in [0.25, 0.3) is 0 Å². The first kappa shape index (κ1) is 27.8. The number of hydrogen-bond donors (Lipinski definition) is 1. The van der Waals surface area contributed by atoms with E-state index in [1.807, 2.05) is 54.6 Å². The molecule has 3 aromatic rings. The van der Waals surface area contributed by atoms with Crippen LogP contribution >= 0.6 is 0 Å². The van der Waals surface area contributed by atoms with Crippen LogP contribution in [0.4, 0.5) is 11.4 Å². The Hall–Kier alpha value is -2.79. The van der Waals surface area contributed by atoms with Gasteiger partial charge < -0.3 is 10.1 Å². The molecule has 0 radical (unpaired) electrons. The van der Waals surface area contributed by atoms with Crippen LogP contribution < -0.4 is 10.1 Å². The third-order valence-corrected chi connectivity index (χ3v) is 8.46. The van der Waals surface area contributed by atoms with E-state index in [0.717, 1.165) is 47.5 Å². The zero-order valence-electron chi connectivity index (χ0n) is 22.2. The Morgan fingerprint density at radius 3 is 2.36 bits per heavy atom. The number of nitrogens with one attached hydrogen (secondary N) is 1. The highest BCUT2D eigenvalue weighted by atomic mass is 32.2. The second-order valence-corrected chi connectivity index (χ2v) is 12.0. The van der Waals surface area contributed by atoms with E-state index in [4.69, 9.17) is 4.74 Å². The van der Waals surface area contributed by atoms with Gasteiger partial charge in [-0.05, 0) is 72.2 Å². The molecule has 1 N–H and O–H groups in total. The van der Waals surface area contributed by atoms with Crippen LogP contribution in [0.2, 0.25) is 0 Å². The van der Waals surface area contributed by atoms with Crippen LogP contribution in [0, 0.1) is 5.92 Å². The Bertz CT molecular complexity index is 1190. The molecule has 0 bridgehead atoms. The summed E-state index contributed by atoms with van der Waals surface area (Å²) >= 11 is 0. The van der Waals surface area contributed by atoms with E-state index < -0.39 is 9.84 Å². The molecule has 1 atom stereocenters. The lowest BCUT2D eigenvalue weighted by Crippen LogP contribution is -2.09. The molecule has 0 saturated heterocycles. The van der Waals surface area contributed by atoms with Crippen LogP contribution in [0.3, 0.4) is 0 Å². The number of hydrogen-bond acceptors (Lipinski definition) is 4. The normalized spacial score (nSPS) is 12.5. The molecule has 1 unspecified atom stereocenters. The maximum atomic E-state index is 13.0. The van der Waals surface area contributed by atoms with Crippen LogP contribution in [0.1, 0.15) is 76.8 Å². The average molecular weight is 508 g/mol. The second kappa shape index (κ2) is 13.5. The number of benzene rings is 3. The predicted octanol–water partition coefficient (Wildman–Crippen LogP) is 8.51. The fraction of sp³-hybridized carbons (Fsp3) is 0.419. The van der Waals surface area contributed by atoms with Crippen LogP contribution in [0.5, 0.6) is 5.75 Å². The molecule has 36 heavy (non-hydrogen) atoms. The Labute approximate surface area is 218 Å². The fourth-order valence-corrected chi connectivity index (χ4v) is 5.90.